The lowest BCUT2D eigenvalue weighted by Gasteiger charge is -2.56. The van der Waals surface area contributed by atoms with Gasteiger partial charge >= 0.3 is 0 Å². The van der Waals surface area contributed by atoms with Gasteiger partial charge < -0.3 is 10.2 Å². The first kappa shape index (κ1) is 19.5. The van der Waals surface area contributed by atoms with Crippen molar-refractivity contribution in [3.63, 3.8) is 0 Å². The highest BCUT2D eigenvalue weighted by atomic mass is 16.2. The maximum Gasteiger partial charge on any atom is 0.245 e. The van der Waals surface area contributed by atoms with Crippen LogP contribution in [0.5, 0.6) is 0 Å². The lowest BCUT2D eigenvalue weighted by molar-refractivity contribution is -0.150. The molecular weight excluding hydrogens is 348 g/mol. The molecule has 4 aliphatic carbocycles. The summed E-state index contributed by atoms with van der Waals surface area (Å²) in [6.45, 7) is 4.62. The molecule has 1 N–H and O–H groups in total. The Bertz CT molecular complexity index is 692. The fourth-order valence-corrected chi connectivity index (χ4v) is 6.37. The molecule has 5 rings (SSSR count). The zero-order chi connectivity index (χ0) is 19.9. The van der Waals surface area contributed by atoms with Crippen molar-refractivity contribution in [2.75, 3.05) is 7.05 Å². The van der Waals surface area contributed by atoms with Crippen molar-refractivity contribution in [3.8, 4) is 0 Å². The Balaban J connectivity index is 1.44. The topological polar surface area (TPSA) is 49.4 Å². The first-order valence-corrected chi connectivity index (χ1v) is 11.0. The Hall–Kier alpha value is -1.84. The summed E-state index contributed by atoms with van der Waals surface area (Å²) in [5, 5.41) is 3.21. The van der Waals surface area contributed by atoms with Gasteiger partial charge in [-0.15, -0.1) is 0 Å². The average molecular weight is 383 g/mol. The molecule has 2 amide bonds. The summed E-state index contributed by atoms with van der Waals surface area (Å²) in [7, 11) is 1.83. The number of nitrogens with one attached hydrogen (secondary N) is 1. The smallest absolute Gasteiger partial charge is 0.245 e. The van der Waals surface area contributed by atoms with Gasteiger partial charge in [-0.1, -0.05) is 44.2 Å². The number of hydrogen-bond donors (Lipinski definition) is 1. The molecule has 0 aliphatic heterocycles. The van der Waals surface area contributed by atoms with Gasteiger partial charge in [0, 0.05) is 19.0 Å². The second-order valence-electron chi connectivity index (χ2n) is 10.1. The van der Waals surface area contributed by atoms with E-state index in [0.29, 0.717) is 6.54 Å². The number of amides is 2. The third-order valence-corrected chi connectivity index (χ3v) is 7.38. The lowest BCUT2D eigenvalue weighted by atomic mass is 9.49. The van der Waals surface area contributed by atoms with E-state index in [0.717, 1.165) is 42.6 Å². The number of carbonyl (C=O) groups excluding carboxylic acids is 2. The van der Waals surface area contributed by atoms with Crippen LogP contribution in [0.3, 0.4) is 0 Å². The Morgan fingerprint density at radius 1 is 1.04 bits per heavy atom. The second kappa shape index (κ2) is 7.53. The molecule has 4 saturated carbocycles. The lowest BCUT2D eigenvalue weighted by Crippen LogP contribution is -2.58. The second-order valence-corrected chi connectivity index (χ2v) is 10.1. The number of nitrogens with zero attached hydrogens (tertiary/aromatic N) is 1. The van der Waals surface area contributed by atoms with Crippen LogP contribution < -0.4 is 5.32 Å². The Kier molecular flexibility index (Phi) is 5.24. The summed E-state index contributed by atoms with van der Waals surface area (Å²) in [5.41, 5.74) is 0.897. The van der Waals surface area contributed by atoms with Gasteiger partial charge in [0.15, 0.2) is 0 Å². The molecule has 4 heteroatoms. The van der Waals surface area contributed by atoms with Crippen LogP contribution in [-0.4, -0.2) is 29.8 Å². The van der Waals surface area contributed by atoms with E-state index in [9.17, 15) is 9.59 Å². The molecule has 1 aromatic carbocycles. The van der Waals surface area contributed by atoms with Gasteiger partial charge in [-0.05, 0) is 67.8 Å². The Labute approximate surface area is 169 Å². The van der Waals surface area contributed by atoms with E-state index < -0.39 is 6.04 Å². The van der Waals surface area contributed by atoms with Gasteiger partial charge in [-0.2, -0.15) is 0 Å². The predicted octanol–water partition coefficient (Wildman–Crippen LogP) is 4.00. The van der Waals surface area contributed by atoms with E-state index in [2.05, 4.69) is 5.32 Å². The molecule has 4 bridgehead atoms. The highest BCUT2D eigenvalue weighted by Gasteiger charge is 2.55. The van der Waals surface area contributed by atoms with E-state index in [1.54, 1.807) is 4.90 Å². The predicted molar refractivity (Wildman–Crippen MR) is 110 cm³/mol. The monoisotopic (exact) mass is 382 g/mol. The Morgan fingerprint density at radius 3 is 2.07 bits per heavy atom. The summed E-state index contributed by atoms with van der Waals surface area (Å²) in [6, 6.07) is 9.57. The summed E-state index contributed by atoms with van der Waals surface area (Å²) in [5.74, 6) is 2.41. The molecule has 4 nitrogen and oxygen atoms in total. The van der Waals surface area contributed by atoms with E-state index >= 15 is 0 Å². The van der Waals surface area contributed by atoms with Gasteiger partial charge in [0.1, 0.15) is 6.04 Å². The quantitative estimate of drug-likeness (QED) is 0.808. The molecule has 1 atom stereocenters. The minimum absolute atomic E-state index is 0.0110. The van der Waals surface area contributed by atoms with E-state index in [-0.39, 0.29) is 23.1 Å². The van der Waals surface area contributed by atoms with Gasteiger partial charge in [0.2, 0.25) is 11.8 Å². The molecule has 4 fully saturated rings. The first-order valence-electron chi connectivity index (χ1n) is 11.0. The van der Waals surface area contributed by atoms with Crippen LogP contribution in [0.4, 0.5) is 0 Å². The number of benzene rings is 1. The summed E-state index contributed by atoms with van der Waals surface area (Å²) in [4.78, 5) is 28.3. The van der Waals surface area contributed by atoms with Crippen molar-refractivity contribution < 1.29 is 9.59 Å². The van der Waals surface area contributed by atoms with Crippen molar-refractivity contribution in [2.24, 2.45) is 29.1 Å². The van der Waals surface area contributed by atoms with Crippen molar-refractivity contribution >= 4 is 11.8 Å². The van der Waals surface area contributed by atoms with Crippen molar-refractivity contribution in [1.29, 1.82) is 0 Å². The summed E-state index contributed by atoms with van der Waals surface area (Å²) < 4.78 is 0. The fraction of sp³-hybridized carbons (Fsp3) is 0.667. The van der Waals surface area contributed by atoms with Crippen LogP contribution in [0, 0.1) is 29.1 Å². The molecule has 0 saturated heterocycles. The maximum absolute atomic E-state index is 13.4. The molecule has 0 aromatic heterocycles. The van der Waals surface area contributed by atoms with Crippen LogP contribution in [0.1, 0.15) is 57.9 Å². The molecule has 0 radical (unpaired) electrons. The van der Waals surface area contributed by atoms with Crippen LogP contribution in [0.25, 0.3) is 0 Å². The molecule has 28 heavy (non-hydrogen) atoms. The van der Waals surface area contributed by atoms with Crippen LogP contribution in [-0.2, 0) is 16.1 Å². The van der Waals surface area contributed by atoms with Gasteiger partial charge in [0.25, 0.3) is 0 Å². The highest BCUT2D eigenvalue weighted by molar-refractivity contribution is 5.90. The summed E-state index contributed by atoms with van der Waals surface area (Å²) >= 11 is 0. The van der Waals surface area contributed by atoms with Gasteiger partial charge in [-0.25, -0.2) is 0 Å². The van der Waals surface area contributed by atoms with Crippen LogP contribution in [0.2, 0.25) is 0 Å². The molecule has 0 heterocycles. The molecule has 4 aliphatic rings. The third kappa shape index (κ3) is 3.70. The maximum atomic E-state index is 13.4. The number of hydrogen-bond acceptors (Lipinski definition) is 2. The molecule has 152 valence electrons. The van der Waals surface area contributed by atoms with Crippen molar-refractivity contribution in [1.82, 2.24) is 10.2 Å². The molecule has 1 unspecified atom stereocenters. The minimum atomic E-state index is -0.450. The number of carbonyl (C=O) groups is 2. The highest BCUT2D eigenvalue weighted by Crippen LogP contribution is 2.60. The zero-order valence-corrected chi connectivity index (χ0v) is 17.5. The van der Waals surface area contributed by atoms with E-state index in [4.69, 9.17) is 0 Å². The molecule has 0 spiro atoms. The number of rotatable bonds is 6. The molecule has 1 aromatic rings. The number of likely N-dealkylation sites (N-methyl/N-ethyl adjacent to an activating group) is 1. The minimum Gasteiger partial charge on any atom is -0.344 e. The molecular formula is C24H34N2O2. The Morgan fingerprint density at radius 2 is 1.57 bits per heavy atom. The SMILES string of the molecule is CC(C)C(NC(=O)C12CC3CC(CC(C3)C1)C2)C(=O)N(C)Cc1ccccc1. The van der Waals surface area contributed by atoms with Crippen LogP contribution >= 0.6 is 0 Å². The largest absolute Gasteiger partial charge is 0.344 e. The van der Waals surface area contributed by atoms with E-state index in [1.807, 2.05) is 51.2 Å². The summed E-state index contributed by atoms with van der Waals surface area (Å²) in [6.07, 6.45) is 7.05. The fourth-order valence-electron chi connectivity index (χ4n) is 6.37. The van der Waals surface area contributed by atoms with Gasteiger partial charge in [-0.3, -0.25) is 9.59 Å². The normalized spacial score (nSPS) is 31.6. The average Bonchev–Trinajstić information content (AvgIpc) is 2.64. The van der Waals surface area contributed by atoms with Crippen molar-refractivity contribution in [3.05, 3.63) is 35.9 Å². The zero-order valence-electron chi connectivity index (χ0n) is 17.5. The van der Waals surface area contributed by atoms with E-state index in [1.165, 1.54) is 19.3 Å². The van der Waals surface area contributed by atoms with Crippen LogP contribution in [0.15, 0.2) is 30.3 Å². The standard InChI is InChI=1S/C24H34N2O2/c1-16(2)21(22(27)26(3)15-17-7-5-4-6-8-17)25-23(28)24-12-18-9-19(13-24)11-20(10-18)14-24/h4-8,16,18-21H,9-15H2,1-3H3,(H,25,28). The first-order chi connectivity index (χ1) is 13.4. The van der Waals surface area contributed by atoms with Crippen molar-refractivity contribution in [2.45, 2.75) is 65.0 Å². The third-order valence-electron chi connectivity index (χ3n) is 7.38. The van der Waals surface area contributed by atoms with Gasteiger partial charge in [0.05, 0.1) is 0 Å².